The number of aromatic amines is 2. The molecule has 86 valence electrons. The molecule has 0 fully saturated rings. The van der Waals surface area contributed by atoms with Crippen LogP contribution in [0, 0.1) is 0 Å². The Hall–Kier alpha value is -1.98. The van der Waals surface area contributed by atoms with E-state index in [1.165, 1.54) is 5.56 Å². The lowest BCUT2D eigenvalue weighted by molar-refractivity contribution is 0.841. The van der Waals surface area contributed by atoms with Crippen molar-refractivity contribution in [1.82, 2.24) is 20.2 Å². The number of rotatable bonds is 5. The number of aromatic nitrogens is 4. The minimum Gasteiger partial charge on any atom is -0.367 e. The van der Waals surface area contributed by atoms with E-state index in [9.17, 15) is 0 Å². The molecule has 0 spiro atoms. The van der Waals surface area contributed by atoms with Gasteiger partial charge in [0, 0.05) is 33.0 Å². The molecule has 0 atom stereocenters. The van der Waals surface area contributed by atoms with Crippen molar-refractivity contribution in [1.29, 1.82) is 0 Å². The maximum absolute atomic E-state index is 4.04. The third-order valence-corrected chi connectivity index (χ3v) is 2.47. The minimum atomic E-state index is 0.684. The maximum Gasteiger partial charge on any atom is 0.225 e. The van der Waals surface area contributed by atoms with Gasteiger partial charge in [-0.05, 0) is 18.1 Å². The van der Waals surface area contributed by atoms with Crippen LogP contribution in [0.5, 0.6) is 0 Å². The maximum atomic E-state index is 4.04. The summed E-state index contributed by atoms with van der Waals surface area (Å²) in [6, 6.07) is 2.08. The molecule has 16 heavy (non-hydrogen) atoms. The predicted molar refractivity (Wildman–Crippen MR) is 63.7 cm³/mol. The van der Waals surface area contributed by atoms with E-state index in [0.29, 0.717) is 5.95 Å². The summed E-state index contributed by atoms with van der Waals surface area (Å²) in [5.74, 6) is 1.46. The SMILES string of the molecule is CNc1nnc(N(C)CCc2cc[nH]c2)[nH]1. The van der Waals surface area contributed by atoms with Gasteiger partial charge in [0.2, 0.25) is 11.9 Å². The van der Waals surface area contributed by atoms with Gasteiger partial charge in [-0.15, -0.1) is 10.2 Å². The Labute approximate surface area is 94.1 Å². The minimum absolute atomic E-state index is 0.684. The lowest BCUT2D eigenvalue weighted by atomic mass is 10.2. The zero-order valence-electron chi connectivity index (χ0n) is 9.49. The fourth-order valence-electron chi connectivity index (χ4n) is 1.45. The molecule has 6 heteroatoms. The molecule has 0 radical (unpaired) electrons. The first kappa shape index (κ1) is 10.5. The van der Waals surface area contributed by atoms with Crippen molar-refractivity contribution in [2.45, 2.75) is 6.42 Å². The molecule has 0 aromatic carbocycles. The van der Waals surface area contributed by atoms with Gasteiger partial charge in [0.25, 0.3) is 0 Å². The van der Waals surface area contributed by atoms with Crippen molar-refractivity contribution in [3.05, 3.63) is 24.0 Å². The summed E-state index contributed by atoms with van der Waals surface area (Å²) in [6.45, 7) is 0.899. The average Bonchev–Trinajstić information content (AvgIpc) is 2.96. The first-order valence-electron chi connectivity index (χ1n) is 5.23. The molecule has 0 saturated heterocycles. The Morgan fingerprint density at radius 1 is 1.44 bits per heavy atom. The molecule has 0 aliphatic rings. The van der Waals surface area contributed by atoms with Crippen molar-refractivity contribution >= 4 is 11.9 Å². The smallest absolute Gasteiger partial charge is 0.225 e. The molecule has 2 rings (SSSR count). The number of likely N-dealkylation sites (N-methyl/N-ethyl adjacent to an activating group) is 1. The Bertz CT molecular complexity index is 418. The van der Waals surface area contributed by atoms with Crippen LogP contribution in [0.1, 0.15) is 5.56 Å². The van der Waals surface area contributed by atoms with Gasteiger partial charge in [-0.3, -0.25) is 4.98 Å². The zero-order chi connectivity index (χ0) is 11.4. The van der Waals surface area contributed by atoms with Crippen molar-refractivity contribution < 1.29 is 0 Å². The van der Waals surface area contributed by atoms with Crippen LogP contribution in [-0.4, -0.2) is 40.8 Å². The van der Waals surface area contributed by atoms with Crippen molar-refractivity contribution in [2.75, 3.05) is 30.9 Å². The standard InChI is InChI=1S/C10H16N6/c1-11-9-13-10(15-14-9)16(2)6-4-8-3-5-12-7-8/h3,5,7,12H,4,6H2,1-2H3,(H2,11,13,14,15). The second kappa shape index (κ2) is 4.69. The van der Waals surface area contributed by atoms with Crippen LogP contribution in [0.3, 0.4) is 0 Å². The molecule has 6 nitrogen and oxygen atoms in total. The molecule has 0 saturated carbocycles. The number of anilines is 2. The average molecular weight is 220 g/mol. The van der Waals surface area contributed by atoms with Gasteiger partial charge in [0.05, 0.1) is 0 Å². The van der Waals surface area contributed by atoms with Crippen LogP contribution in [-0.2, 0) is 6.42 Å². The Balaban J connectivity index is 1.90. The largest absolute Gasteiger partial charge is 0.367 e. The third-order valence-electron chi connectivity index (χ3n) is 2.47. The van der Waals surface area contributed by atoms with E-state index < -0.39 is 0 Å². The highest BCUT2D eigenvalue weighted by Crippen LogP contribution is 2.08. The summed E-state index contributed by atoms with van der Waals surface area (Å²) in [4.78, 5) is 8.16. The number of hydrogen-bond donors (Lipinski definition) is 3. The predicted octanol–water partition coefficient (Wildman–Crippen LogP) is 0.853. The lowest BCUT2D eigenvalue weighted by Gasteiger charge is -2.14. The van der Waals surface area contributed by atoms with Crippen molar-refractivity contribution in [3.8, 4) is 0 Å². The number of H-pyrrole nitrogens is 2. The molecule has 2 aromatic rings. The fraction of sp³-hybridized carbons (Fsp3) is 0.400. The van der Waals surface area contributed by atoms with Crippen LogP contribution in [0.25, 0.3) is 0 Å². The fourth-order valence-corrected chi connectivity index (χ4v) is 1.45. The Morgan fingerprint density at radius 2 is 2.31 bits per heavy atom. The Kier molecular flexibility index (Phi) is 3.09. The zero-order valence-corrected chi connectivity index (χ0v) is 9.49. The summed E-state index contributed by atoms with van der Waals surface area (Å²) in [5.41, 5.74) is 1.29. The molecule has 2 heterocycles. The molecule has 0 amide bonds. The molecule has 0 bridgehead atoms. The van der Waals surface area contributed by atoms with E-state index in [1.54, 1.807) is 0 Å². The quantitative estimate of drug-likeness (QED) is 0.698. The van der Waals surface area contributed by atoms with Gasteiger partial charge < -0.3 is 15.2 Å². The highest BCUT2D eigenvalue weighted by atomic mass is 15.4. The van der Waals surface area contributed by atoms with Crippen LogP contribution in [0.2, 0.25) is 0 Å². The van der Waals surface area contributed by atoms with Gasteiger partial charge in [-0.2, -0.15) is 0 Å². The van der Waals surface area contributed by atoms with E-state index in [4.69, 9.17) is 0 Å². The van der Waals surface area contributed by atoms with E-state index >= 15 is 0 Å². The monoisotopic (exact) mass is 220 g/mol. The number of nitrogens with one attached hydrogen (secondary N) is 3. The van der Waals surface area contributed by atoms with Crippen LogP contribution in [0.15, 0.2) is 18.5 Å². The van der Waals surface area contributed by atoms with E-state index in [0.717, 1.165) is 18.9 Å². The highest BCUT2D eigenvalue weighted by molar-refractivity contribution is 5.35. The van der Waals surface area contributed by atoms with Crippen molar-refractivity contribution in [3.63, 3.8) is 0 Å². The normalized spacial score (nSPS) is 10.4. The third kappa shape index (κ3) is 2.33. The van der Waals surface area contributed by atoms with E-state index in [2.05, 4.69) is 31.5 Å². The van der Waals surface area contributed by atoms with Gasteiger partial charge >= 0.3 is 0 Å². The molecule has 3 N–H and O–H groups in total. The van der Waals surface area contributed by atoms with Crippen LogP contribution < -0.4 is 10.2 Å². The van der Waals surface area contributed by atoms with Crippen LogP contribution in [0.4, 0.5) is 11.9 Å². The second-order valence-electron chi connectivity index (χ2n) is 3.64. The first-order valence-corrected chi connectivity index (χ1v) is 5.23. The Morgan fingerprint density at radius 3 is 2.94 bits per heavy atom. The number of nitrogens with zero attached hydrogens (tertiary/aromatic N) is 3. The molecular weight excluding hydrogens is 204 g/mol. The number of hydrogen-bond acceptors (Lipinski definition) is 4. The second-order valence-corrected chi connectivity index (χ2v) is 3.64. The molecule has 0 aliphatic heterocycles. The summed E-state index contributed by atoms with van der Waals surface area (Å²) in [5, 5.41) is 10.9. The van der Waals surface area contributed by atoms with E-state index in [-0.39, 0.29) is 0 Å². The van der Waals surface area contributed by atoms with E-state index in [1.807, 2.05) is 31.4 Å². The van der Waals surface area contributed by atoms with Gasteiger partial charge in [0.15, 0.2) is 0 Å². The first-order chi connectivity index (χ1) is 7.79. The molecule has 0 aliphatic carbocycles. The van der Waals surface area contributed by atoms with Gasteiger partial charge in [-0.25, -0.2) is 0 Å². The summed E-state index contributed by atoms with van der Waals surface area (Å²) >= 11 is 0. The molecular formula is C10H16N6. The molecule has 2 aromatic heterocycles. The van der Waals surface area contributed by atoms with Crippen LogP contribution >= 0.6 is 0 Å². The van der Waals surface area contributed by atoms with Gasteiger partial charge in [0.1, 0.15) is 0 Å². The summed E-state index contributed by atoms with van der Waals surface area (Å²) < 4.78 is 0. The summed E-state index contributed by atoms with van der Waals surface area (Å²) in [7, 11) is 3.80. The summed E-state index contributed by atoms with van der Waals surface area (Å²) in [6.07, 6.45) is 4.92. The van der Waals surface area contributed by atoms with Gasteiger partial charge in [-0.1, -0.05) is 0 Å². The van der Waals surface area contributed by atoms with Crippen molar-refractivity contribution in [2.24, 2.45) is 0 Å². The topological polar surface area (TPSA) is 72.6 Å². The molecule has 0 unspecified atom stereocenters. The highest BCUT2D eigenvalue weighted by Gasteiger charge is 2.06. The lowest BCUT2D eigenvalue weighted by Crippen LogP contribution is -2.21.